The van der Waals surface area contributed by atoms with Gasteiger partial charge in [-0.1, -0.05) is 11.8 Å². The Hall–Kier alpha value is -0.740. The van der Waals surface area contributed by atoms with Gasteiger partial charge in [0, 0.05) is 11.4 Å². The fourth-order valence-corrected chi connectivity index (χ4v) is 1.65. The Kier molecular flexibility index (Phi) is 3.57. The zero-order valence-electron chi connectivity index (χ0n) is 7.69. The van der Waals surface area contributed by atoms with Gasteiger partial charge in [-0.15, -0.1) is 0 Å². The number of thioether (sulfide) groups is 1. The molecule has 4 heteroatoms. The molecule has 1 rings (SSSR count). The van der Waals surface area contributed by atoms with Gasteiger partial charge in [-0.25, -0.2) is 4.98 Å². The molecule has 0 aliphatic carbocycles. The van der Waals surface area contributed by atoms with E-state index in [9.17, 15) is 5.11 Å². The summed E-state index contributed by atoms with van der Waals surface area (Å²) in [5.74, 6) is 0.723. The number of aliphatic hydroxyl groups excluding tert-OH is 1. The average Bonchev–Trinajstić information content (AvgIpc) is 2.06. The highest BCUT2D eigenvalue weighted by Crippen LogP contribution is 2.26. The number of aromatic hydroxyl groups is 1. The molecule has 1 unspecified atom stereocenters. The quantitative estimate of drug-likeness (QED) is 0.725. The van der Waals surface area contributed by atoms with Crippen LogP contribution in [0, 0.1) is 6.92 Å². The van der Waals surface area contributed by atoms with Gasteiger partial charge in [0.15, 0.2) is 0 Å². The van der Waals surface area contributed by atoms with Crippen molar-refractivity contribution in [1.82, 2.24) is 4.98 Å². The number of aromatic nitrogens is 1. The van der Waals surface area contributed by atoms with E-state index in [4.69, 9.17) is 5.11 Å². The number of rotatable bonds is 3. The Bertz CT molecular complexity index is 289. The van der Waals surface area contributed by atoms with Gasteiger partial charge in [-0.2, -0.15) is 0 Å². The molecule has 0 saturated carbocycles. The molecule has 3 nitrogen and oxygen atoms in total. The Morgan fingerprint density at radius 1 is 1.54 bits per heavy atom. The third-order valence-electron chi connectivity index (χ3n) is 1.44. The van der Waals surface area contributed by atoms with Crippen molar-refractivity contribution in [3.05, 3.63) is 17.8 Å². The standard InChI is InChI=1S/C9H13NO2S/c1-6-3-4-8(12)9(10-6)13-5-7(2)11/h3-4,7,11-12H,5H2,1-2H3. The van der Waals surface area contributed by atoms with Crippen molar-refractivity contribution in [3.8, 4) is 5.75 Å². The molecule has 0 bridgehead atoms. The maximum Gasteiger partial charge on any atom is 0.147 e. The van der Waals surface area contributed by atoms with Crippen LogP contribution < -0.4 is 0 Å². The largest absolute Gasteiger partial charge is 0.505 e. The summed E-state index contributed by atoms with van der Waals surface area (Å²) in [5, 5.41) is 19.0. The van der Waals surface area contributed by atoms with Gasteiger partial charge in [0.05, 0.1) is 6.10 Å². The van der Waals surface area contributed by atoms with Crippen molar-refractivity contribution in [2.75, 3.05) is 5.75 Å². The van der Waals surface area contributed by atoms with Crippen LogP contribution in [-0.2, 0) is 0 Å². The first kappa shape index (κ1) is 10.3. The van der Waals surface area contributed by atoms with Gasteiger partial charge in [-0.05, 0) is 26.0 Å². The highest BCUT2D eigenvalue weighted by atomic mass is 32.2. The molecule has 72 valence electrons. The number of pyridine rings is 1. The number of hydrogen-bond donors (Lipinski definition) is 2. The van der Waals surface area contributed by atoms with E-state index in [0.717, 1.165) is 5.69 Å². The smallest absolute Gasteiger partial charge is 0.147 e. The minimum atomic E-state index is -0.383. The third-order valence-corrected chi connectivity index (χ3v) is 2.66. The van der Waals surface area contributed by atoms with Gasteiger partial charge >= 0.3 is 0 Å². The van der Waals surface area contributed by atoms with Crippen molar-refractivity contribution < 1.29 is 10.2 Å². The molecular weight excluding hydrogens is 186 g/mol. The molecule has 1 aromatic heterocycles. The van der Waals surface area contributed by atoms with E-state index in [-0.39, 0.29) is 11.9 Å². The van der Waals surface area contributed by atoms with Crippen molar-refractivity contribution in [1.29, 1.82) is 0 Å². The van der Waals surface area contributed by atoms with E-state index in [1.807, 2.05) is 6.92 Å². The fourth-order valence-electron chi connectivity index (χ4n) is 0.831. The summed E-state index contributed by atoms with van der Waals surface area (Å²) in [5.41, 5.74) is 0.867. The summed E-state index contributed by atoms with van der Waals surface area (Å²) in [6, 6.07) is 3.37. The summed E-state index contributed by atoms with van der Waals surface area (Å²) < 4.78 is 0. The lowest BCUT2D eigenvalue weighted by Crippen LogP contribution is -2.02. The van der Waals surface area contributed by atoms with Crippen LogP contribution >= 0.6 is 11.8 Å². The molecule has 0 saturated heterocycles. The molecule has 0 aromatic carbocycles. The predicted molar refractivity (Wildman–Crippen MR) is 53.0 cm³/mol. The van der Waals surface area contributed by atoms with E-state index >= 15 is 0 Å². The fraction of sp³-hybridized carbons (Fsp3) is 0.444. The molecule has 1 heterocycles. The molecule has 0 spiro atoms. The maximum atomic E-state index is 9.38. The lowest BCUT2D eigenvalue weighted by atomic mass is 10.4. The normalized spacial score (nSPS) is 12.8. The third kappa shape index (κ3) is 3.24. The second kappa shape index (κ2) is 4.48. The maximum absolute atomic E-state index is 9.38. The van der Waals surface area contributed by atoms with Crippen LogP contribution in [0.4, 0.5) is 0 Å². The Labute approximate surface area is 81.8 Å². The predicted octanol–water partition coefficient (Wildman–Crippen LogP) is 1.57. The lowest BCUT2D eigenvalue weighted by Gasteiger charge is -2.05. The SMILES string of the molecule is Cc1ccc(O)c(SCC(C)O)n1. The van der Waals surface area contributed by atoms with E-state index in [1.54, 1.807) is 19.1 Å². The molecule has 1 atom stereocenters. The molecule has 0 amide bonds. The van der Waals surface area contributed by atoms with Gasteiger partial charge in [0.2, 0.25) is 0 Å². The molecule has 0 radical (unpaired) electrons. The Morgan fingerprint density at radius 3 is 2.85 bits per heavy atom. The van der Waals surface area contributed by atoms with Crippen LogP contribution in [-0.4, -0.2) is 27.1 Å². The summed E-state index contributed by atoms with van der Waals surface area (Å²) in [6.07, 6.45) is -0.383. The van der Waals surface area contributed by atoms with Crippen LogP contribution in [0.25, 0.3) is 0 Å². The highest BCUT2D eigenvalue weighted by Gasteiger charge is 2.05. The summed E-state index contributed by atoms with van der Waals surface area (Å²) in [4.78, 5) is 4.15. The minimum absolute atomic E-state index is 0.177. The molecule has 0 aliphatic rings. The summed E-state index contributed by atoms with van der Waals surface area (Å²) >= 11 is 1.36. The first-order valence-electron chi connectivity index (χ1n) is 4.07. The molecule has 0 aliphatic heterocycles. The Balaban J connectivity index is 2.70. The number of hydrogen-bond acceptors (Lipinski definition) is 4. The number of aliphatic hydroxyl groups is 1. The summed E-state index contributed by atoms with van der Waals surface area (Å²) in [7, 11) is 0. The van der Waals surface area contributed by atoms with E-state index < -0.39 is 0 Å². The first-order chi connectivity index (χ1) is 6.09. The average molecular weight is 199 g/mol. The first-order valence-corrected chi connectivity index (χ1v) is 5.05. The van der Waals surface area contributed by atoms with Crippen LogP contribution in [0.15, 0.2) is 17.2 Å². The topological polar surface area (TPSA) is 53.4 Å². The van der Waals surface area contributed by atoms with E-state index in [0.29, 0.717) is 10.8 Å². The van der Waals surface area contributed by atoms with Crippen LogP contribution in [0.2, 0.25) is 0 Å². The molecular formula is C9H13NO2S. The Morgan fingerprint density at radius 2 is 2.23 bits per heavy atom. The second-order valence-electron chi connectivity index (χ2n) is 2.94. The number of nitrogens with zero attached hydrogens (tertiary/aromatic N) is 1. The van der Waals surface area contributed by atoms with E-state index in [1.165, 1.54) is 11.8 Å². The van der Waals surface area contributed by atoms with Gasteiger partial charge in [0.1, 0.15) is 10.8 Å². The lowest BCUT2D eigenvalue weighted by molar-refractivity contribution is 0.220. The summed E-state index contributed by atoms with van der Waals surface area (Å²) in [6.45, 7) is 3.58. The monoisotopic (exact) mass is 199 g/mol. The van der Waals surface area contributed by atoms with Crippen LogP contribution in [0.3, 0.4) is 0 Å². The minimum Gasteiger partial charge on any atom is -0.505 e. The van der Waals surface area contributed by atoms with Crippen molar-refractivity contribution >= 4 is 11.8 Å². The van der Waals surface area contributed by atoms with E-state index in [2.05, 4.69) is 4.98 Å². The van der Waals surface area contributed by atoms with Crippen molar-refractivity contribution in [2.24, 2.45) is 0 Å². The van der Waals surface area contributed by atoms with Crippen LogP contribution in [0.5, 0.6) is 5.75 Å². The molecule has 1 aromatic rings. The molecule has 0 fully saturated rings. The van der Waals surface area contributed by atoms with Gasteiger partial charge in [0.25, 0.3) is 0 Å². The van der Waals surface area contributed by atoms with Crippen molar-refractivity contribution in [2.45, 2.75) is 25.0 Å². The zero-order valence-corrected chi connectivity index (χ0v) is 8.51. The number of aryl methyl sites for hydroxylation is 1. The van der Waals surface area contributed by atoms with Crippen molar-refractivity contribution in [3.63, 3.8) is 0 Å². The molecule has 13 heavy (non-hydrogen) atoms. The zero-order chi connectivity index (χ0) is 9.84. The highest BCUT2D eigenvalue weighted by molar-refractivity contribution is 7.99. The van der Waals surface area contributed by atoms with Gasteiger partial charge < -0.3 is 10.2 Å². The molecule has 2 N–H and O–H groups in total. The van der Waals surface area contributed by atoms with Gasteiger partial charge in [-0.3, -0.25) is 0 Å². The van der Waals surface area contributed by atoms with Crippen LogP contribution in [0.1, 0.15) is 12.6 Å². The second-order valence-corrected chi connectivity index (χ2v) is 3.95.